The summed E-state index contributed by atoms with van der Waals surface area (Å²) in [5.41, 5.74) is 6.32. The molecule has 130 valence electrons. The Morgan fingerprint density at radius 2 is 2.00 bits per heavy atom. The molecule has 0 spiro atoms. The molecule has 0 radical (unpaired) electrons. The molecule has 1 heterocycles. The average molecular weight is 335 g/mol. The fraction of sp³-hybridized carbons (Fsp3) is 0.412. The predicted octanol–water partition coefficient (Wildman–Crippen LogP) is 1.03. The van der Waals surface area contributed by atoms with Crippen molar-refractivity contribution in [2.24, 2.45) is 5.73 Å². The minimum absolute atomic E-state index is 0.110. The molecule has 1 aromatic rings. The van der Waals surface area contributed by atoms with E-state index in [1.54, 1.807) is 30.3 Å². The molecular formula is C17H21NO6. The molecule has 1 fully saturated rings. The molecule has 1 saturated heterocycles. The van der Waals surface area contributed by atoms with E-state index in [1.807, 2.05) is 0 Å². The monoisotopic (exact) mass is 335 g/mol. The number of hydrogen-bond donors (Lipinski definition) is 1. The Labute approximate surface area is 140 Å². The minimum atomic E-state index is -0.981. The van der Waals surface area contributed by atoms with Gasteiger partial charge in [-0.2, -0.15) is 0 Å². The molecule has 2 rings (SSSR count). The lowest BCUT2D eigenvalue weighted by molar-refractivity contribution is -0.248. The topological polar surface area (TPSA) is 97.1 Å². The van der Waals surface area contributed by atoms with Gasteiger partial charge in [0.25, 0.3) is 0 Å². The normalized spacial score (nSPS) is 26.4. The number of nitrogens with two attached hydrogens (primary N) is 1. The van der Waals surface area contributed by atoms with Gasteiger partial charge in [-0.05, 0) is 12.1 Å². The van der Waals surface area contributed by atoms with Crippen molar-refractivity contribution in [2.45, 2.75) is 31.5 Å². The standard InChI is InChI=1S/C17H21NO6/c1-3-9-21-17-15(14(23-11(2)19)13(18)10-22-17)24-16(20)12-7-5-4-6-8-12/h3-8,13-15,17H,1,9-10,18H2,2H3/t13-,14-,15-,17-/m0/s1. The van der Waals surface area contributed by atoms with Gasteiger partial charge in [-0.25, -0.2) is 4.79 Å². The molecule has 0 aliphatic carbocycles. The van der Waals surface area contributed by atoms with Gasteiger partial charge in [0.15, 0.2) is 18.5 Å². The highest BCUT2D eigenvalue weighted by Gasteiger charge is 2.44. The van der Waals surface area contributed by atoms with Crippen molar-refractivity contribution in [3.05, 3.63) is 48.6 Å². The lowest BCUT2D eigenvalue weighted by Crippen LogP contribution is -2.60. The fourth-order valence-electron chi connectivity index (χ4n) is 2.33. The van der Waals surface area contributed by atoms with E-state index < -0.39 is 36.5 Å². The third-order valence-corrected chi connectivity index (χ3v) is 3.40. The highest BCUT2D eigenvalue weighted by molar-refractivity contribution is 5.89. The van der Waals surface area contributed by atoms with Gasteiger partial charge < -0.3 is 24.7 Å². The van der Waals surface area contributed by atoms with Gasteiger partial charge in [-0.3, -0.25) is 4.79 Å². The van der Waals surface area contributed by atoms with Crippen molar-refractivity contribution < 1.29 is 28.5 Å². The van der Waals surface area contributed by atoms with Crippen LogP contribution in [-0.4, -0.2) is 49.7 Å². The van der Waals surface area contributed by atoms with Crippen molar-refractivity contribution in [2.75, 3.05) is 13.2 Å². The van der Waals surface area contributed by atoms with Crippen LogP contribution in [0.5, 0.6) is 0 Å². The highest BCUT2D eigenvalue weighted by atomic mass is 16.7. The maximum Gasteiger partial charge on any atom is 0.338 e. The van der Waals surface area contributed by atoms with Crippen LogP contribution in [-0.2, 0) is 23.7 Å². The van der Waals surface area contributed by atoms with Crippen LogP contribution in [0.2, 0.25) is 0 Å². The first-order chi connectivity index (χ1) is 11.5. The minimum Gasteiger partial charge on any atom is -0.457 e. The number of esters is 2. The molecule has 0 bridgehead atoms. The van der Waals surface area contributed by atoms with Gasteiger partial charge in [-0.15, -0.1) is 6.58 Å². The summed E-state index contributed by atoms with van der Waals surface area (Å²) in [4.78, 5) is 23.7. The molecular weight excluding hydrogens is 314 g/mol. The van der Waals surface area contributed by atoms with Gasteiger partial charge in [0.2, 0.25) is 0 Å². The second-order valence-corrected chi connectivity index (χ2v) is 5.30. The largest absolute Gasteiger partial charge is 0.457 e. The molecule has 0 unspecified atom stereocenters. The average Bonchev–Trinajstić information content (AvgIpc) is 2.57. The van der Waals surface area contributed by atoms with Crippen molar-refractivity contribution in [3.63, 3.8) is 0 Å². The Morgan fingerprint density at radius 3 is 2.62 bits per heavy atom. The van der Waals surface area contributed by atoms with E-state index in [-0.39, 0.29) is 13.2 Å². The first-order valence-electron chi connectivity index (χ1n) is 7.56. The van der Waals surface area contributed by atoms with E-state index >= 15 is 0 Å². The molecule has 0 amide bonds. The first kappa shape index (κ1) is 18.1. The lowest BCUT2D eigenvalue weighted by atomic mass is 10.0. The molecule has 7 nitrogen and oxygen atoms in total. The Hall–Kier alpha value is -2.22. The molecule has 4 atom stereocenters. The number of ether oxygens (including phenoxy) is 4. The van der Waals surface area contributed by atoms with Gasteiger partial charge in [0.1, 0.15) is 0 Å². The number of carbonyl (C=O) groups is 2. The summed E-state index contributed by atoms with van der Waals surface area (Å²) in [7, 11) is 0. The molecule has 1 aliphatic heterocycles. The van der Waals surface area contributed by atoms with Crippen LogP contribution in [0.1, 0.15) is 17.3 Å². The van der Waals surface area contributed by atoms with E-state index in [1.165, 1.54) is 13.0 Å². The molecule has 2 N–H and O–H groups in total. The van der Waals surface area contributed by atoms with Crippen molar-refractivity contribution >= 4 is 11.9 Å². The number of carbonyl (C=O) groups excluding carboxylic acids is 2. The predicted molar refractivity (Wildman–Crippen MR) is 85.1 cm³/mol. The second kappa shape index (κ2) is 8.58. The molecule has 0 aromatic heterocycles. The summed E-state index contributed by atoms with van der Waals surface area (Å²) in [5.74, 6) is -1.11. The summed E-state index contributed by atoms with van der Waals surface area (Å²) in [6, 6.07) is 7.82. The van der Waals surface area contributed by atoms with Crippen molar-refractivity contribution in [1.29, 1.82) is 0 Å². The fourth-order valence-corrected chi connectivity index (χ4v) is 2.33. The SMILES string of the molecule is C=CCO[C@H]1OC[C@H](N)[C@H](OC(C)=O)[C@@H]1OC(=O)c1ccccc1. The Morgan fingerprint density at radius 1 is 1.29 bits per heavy atom. The number of rotatable bonds is 6. The smallest absolute Gasteiger partial charge is 0.338 e. The van der Waals surface area contributed by atoms with Crippen LogP contribution in [0.25, 0.3) is 0 Å². The maximum atomic E-state index is 12.3. The molecule has 7 heteroatoms. The lowest BCUT2D eigenvalue weighted by Gasteiger charge is -2.39. The van der Waals surface area contributed by atoms with E-state index in [2.05, 4.69) is 6.58 Å². The van der Waals surface area contributed by atoms with Crippen LogP contribution in [0.15, 0.2) is 43.0 Å². The first-order valence-corrected chi connectivity index (χ1v) is 7.56. The van der Waals surface area contributed by atoms with Gasteiger partial charge in [-0.1, -0.05) is 24.3 Å². The van der Waals surface area contributed by atoms with E-state index in [4.69, 9.17) is 24.7 Å². The van der Waals surface area contributed by atoms with E-state index in [0.717, 1.165) is 0 Å². The van der Waals surface area contributed by atoms with Crippen molar-refractivity contribution in [3.8, 4) is 0 Å². The van der Waals surface area contributed by atoms with Crippen LogP contribution in [0, 0.1) is 0 Å². The summed E-state index contributed by atoms with van der Waals surface area (Å²) < 4.78 is 21.7. The number of hydrogen-bond acceptors (Lipinski definition) is 7. The third kappa shape index (κ3) is 4.64. The quantitative estimate of drug-likeness (QED) is 0.612. The van der Waals surface area contributed by atoms with E-state index in [0.29, 0.717) is 5.56 Å². The van der Waals surface area contributed by atoms with Crippen LogP contribution in [0.4, 0.5) is 0 Å². The Balaban J connectivity index is 2.19. The Kier molecular flexibility index (Phi) is 6.48. The zero-order valence-electron chi connectivity index (χ0n) is 13.4. The summed E-state index contributed by atoms with van der Waals surface area (Å²) in [5, 5.41) is 0. The third-order valence-electron chi connectivity index (χ3n) is 3.40. The van der Waals surface area contributed by atoms with Gasteiger partial charge >= 0.3 is 11.9 Å². The van der Waals surface area contributed by atoms with Crippen LogP contribution < -0.4 is 5.73 Å². The zero-order valence-corrected chi connectivity index (χ0v) is 13.4. The van der Waals surface area contributed by atoms with Crippen LogP contribution >= 0.6 is 0 Å². The van der Waals surface area contributed by atoms with Gasteiger partial charge in [0.05, 0.1) is 24.8 Å². The summed E-state index contributed by atoms with van der Waals surface area (Å²) >= 11 is 0. The number of benzene rings is 1. The summed E-state index contributed by atoms with van der Waals surface area (Å²) in [6.07, 6.45) is -1.21. The van der Waals surface area contributed by atoms with Gasteiger partial charge in [0, 0.05) is 6.92 Å². The van der Waals surface area contributed by atoms with Crippen molar-refractivity contribution in [1.82, 2.24) is 0 Å². The second-order valence-electron chi connectivity index (χ2n) is 5.30. The molecule has 1 aromatic carbocycles. The molecule has 1 aliphatic rings. The van der Waals surface area contributed by atoms with Crippen LogP contribution in [0.3, 0.4) is 0 Å². The summed E-state index contributed by atoms with van der Waals surface area (Å²) in [6.45, 7) is 5.12. The highest BCUT2D eigenvalue weighted by Crippen LogP contribution is 2.23. The zero-order chi connectivity index (χ0) is 17.5. The maximum absolute atomic E-state index is 12.3. The molecule has 0 saturated carbocycles. The Bertz CT molecular complexity index is 576. The van der Waals surface area contributed by atoms with E-state index in [9.17, 15) is 9.59 Å². The molecule has 24 heavy (non-hydrogen) atoms.